The molecule has 0 N–H and O–H groups in total. The minimum absolute atomic E-state index is 0.128. The largest absolute Gasteiger partial charge is 0.368 e. The van der Waals surface area contributed by atoms with Crippen LogP contribution in [0.1, 0.15) is 66.2 Å². The second-order valence-electron chi connectivity index (χ2n) is 7.39. The van der Waals surface area contributed by atoms with E-state index in [0.717, 1.165) is 11.8 Å². The van der Waals surface area contributed by atoms with Gasteiger partial charge in [0.05, 0.1) is 11.2 Å². The Bertz CT molecular complexity index is 309. The molecule has 0 radical (unpaired) electrons. The molecule has 2 bridgehead atoms. The maximum absolute atomic E-state index is 6.68. The molecular weight excluding hydrogens is 196 g/mol. The molecule has 1 aliphatic heterocycles. The van der Waals surface area contributed by atoms with Gasteiger partial charge in [0.15, 0.2) is 0 Å². The van der Waals surface area contributed by atoms with Gasteiger partial charge >= 0.3 is 0 Å². The second-order valence-corrected chi connectivity index (χ2v) is 7.39. The monoisotopic (exact) mass is 222 g/mol. The van der Waals surface area contributed by atoms with Crippen LogP contribution in [0.4, 0.5) is 0 Å². The summed E-state index contributed by atoms with van der Waals surface area (Å²) in [7, 11) is 0. The van der Waals surface area contributed by atoms with Crippen LogP contribution in [0.2, 0.25) is 0 Å². The Morgan fingerprint density at radius 2 is 1.81 bits per heavy atom. The molecule has 2 aliphatic carbocycles. The molecule has 1 heteroatoms. The van der Waals surface area contributed by atoms with Gasteiger partial charge in [-0.25, -0.2) is 0 Å². The van der Waals surface area contributed by atoms with E-state index in [4.69, 9.17) is 4.74 Å². The average molecular weight is 222 g/mol. The van der Waals surface area contributed by atoms with E-state index in [9.17, 15) is 0 Å². The molecule has 0 aromatic carbocycles. The molecule has 92 valence electrons. The molecule has 4 atom stereocenters. The van der Waals surface area contributed by atoms with Crippen molar-refractivity contribution in [3.8, 4) is 0 Å². The SMILES string of the molecule is C[C@@H]1CCCC2(C)CC[C@H]3CC12OC3(C)C. The normalized spacial score (nSPS) is 54.8. The molecule has 0 amide bonds. The van der Waals surface area contributed by atoms with E-state index in [1.807, 2.05) is 0 Å². The van der Waals surface area contributed by atoms with Crippen molar-refractivity contribution >= 4 is 0 Å². The maximum Gasteiger partial charge on any atom is 0.0772 e. The van der Waals surface area contributed by atoms with Crippen molar-refractivity contribution in [1.29, 1.82) is 0 Å². The minimum atomic E-state index is 0.128. The Morgan fingerprint density at radius 1 is 1.06 bits per heavy atom. The highest BCUT2D eigenvalue weighted by atomic mass is 16.5. The molecule has 1 saturated heterocycles. The Hall–Kier alpha value is -0.0400. The fourth-order valence-electron chi connectivity index (χ4n) is 4.99. The van der Waals surface area contributed by atoms with Gasteiger partial charge in [0, 0.05) is 0 Å². The predicted molar refractivity (Wildman–Crippen MR) is 66.4 cm³/mol. The highest BCUT2D eigenvalue weighted by molar-refractivity contribution is 5.14. The van der Waals surface area contributed by atoms with Gasteiger partial charge in [0.1, 0.15) is 0 Å². The molecule has 2 unspecified atom stereocenters. The molecule has 1 spiro atoms. The third kappa shape index (κ3) is 1.16. The summed E-state index contributed by atoms with van der Waals surface area (Å²) in [6, 6.07) is 0. The maximum atomic E-state index is 6.68. The van der Waals surface area contributed by atoms with Crippen LogP contribution < -0.4 is 0 Å². The van der Waals surface area contributed by atoms with Crippen molar-refractivity contribution < 1.29 is 4.74 Å². The molecule has 0 aromatic heterocycles. The zero-order chi connectivity index (χ0) is 11.6. The van der Waals surface area contributed by atoms with Crippen LogP contribution in [-0.4, -0.2) is 11.2 Å². The molecule has 2 saturated carbocycles. The fourth-order valence-corrected chi connectivity index (χ4v) is 4.99. The zero-order valence-corrected chi connectivity index (χ0v) is 11.3. The third-order valence-corrected chi connectivity index (χ3v) is 6.21. The first-order valence-electron chi connectivity index (χ1n) is 7.10. The van der Waals surface area contributed by atoms with Gasteiger partial charge in [-0.3, -0.25) is 0 Å². The highest BCUT2D eigenvalue weighted by Gasteiger charge is 2.65. The van der Waals surface area contributed by atoms with Crippen LogP contribution in [0.25, 0.3) is 0 Å². The van der Waals surface area contributed by atoms with Gasteiger partial charge in [-0.1, -0.05) is 20.3 Å². The topological polar surface area (TPSA) is 9.23 Å². The van der Waals surface area contributed by atoms with Crippen molar-refractivity contribution in [2.24, 2.45) is 17.3 Å². The van der Waals surface area contributed by atoms with Crippen LogP contribution >= 0.6 is 0 Å². The summed E-state index contributed by atoms with van der Waals surface area (Å²) in [5.41, 5.74) is 0.815. The van der Waals surface area contributed by atoms with Crippen LogP contribution in [0.3, 0.4) is 0 Å². The lowest BCUT2D eigenvalue weighted by Crippen LogP contribution is -2.55. The standard InChI is InChI=1S/C15H26O/c1-11-6-5-8-14(4)9-7-12-10-15(11,14)16-13(12,2)3/h11-12H,5-10H2,1-4H3/t11-,12+,14?,15?/m1/s1. The van der Waals surface area contributed by atoms with Gasteiger partial charge in [-0.15, -0.1) is 0 Å². The molecular formula is C15H26O. The average Bonchev–Trinajstić information content (AvgIpc) is 2.42. The van der Waals surface area contributed by atoms with E-state index in [0.29, 0.717) is 5.41 Å². The van der Waals surface area contributed by atoms with Gasteiger partial charge in [0.25, 0.3) is 0 Å². The minimum Gasteiger partial charge on any atom is -0.368 e. The molecule has 16 heavy (non-hydrogen) atoms. The zero-order valence-electron chi connectivity index (χ0n) is 11.3. The highest BCUT2D eigenvalue weighted by Crippen LogP contribution is 2.65. The Kier molecular flexibility index (Phi) is 2.11. The predicted octanol–water partition coefficient (Wildman–Crippen LogP) is 4.16. The second kappa shape index (κ2) is 3.04. The van der Waals surface area contributed by atoms with Crippen LogP contribution in [0, 0.1) is 17.3 Å². The Labute approximate surface area is 99.9 Å². The molecule has 1 heterocycles. The molecule has 1 nitrogen and oxygen atoms in total. The first-order chi connectivity index (χ1) is 7.40. The summed E-state index contributed by atoms with van der Waals surface area (Å²) in [5.74, 6) is 1.57. The van der Waals surface area contributed by atoms with E-state index in [2.05, 4.69) is 27.7 Å². The van der Waals surface area contributed by atoms with Gasteiger partial charge in [-0.05, 0) is 63.2 Å². The first-order valence-corrected chi connectivity index (χ1v) is 7.10. The van der Waals surface area contributed by atoms with Crippen LogP contribution in [0.5, 0.6) is 0 Å². The summed E-state index contributed by atoms with van der Waals surface area (Å²) >= 11 is 0. The van der Waals surface area contributed by atoms with Crippen LogP contribution in [-0.2, 0) is 4.74 Å². The van der Waals surface area contributed by atoms with Crippen molar-refractivity contribution in [2.75, 3.05) is 0 Å². The number of hydrogen-bond acceptors (Lipinski definition) is 1. The smallest absolute Gasteiger partial charge is 0.0772 e. The number of ether oxygens (including phenoxy) is 1. The summed E-state index contributed by atoms with van der Waals surface area (Å²) in [6.45, 7) is 9.57. The van der Waals surface area contributed by atoms with E-state index in [1.54, 1.807) is 0 Å². The van der Waals surface area contributed by atoms with Crippen molar-refractivity contribution in [2.45, 2.75) is 77.4 Å². The first kappa shape index (κ1) is 11.1. The Morgan fingerprint density at radius 3 is 2.56 bits per heavy atom. The van der Waals surface area contributed by atoms with Gasteiger partial charge < -0.3 is 4.74 Å². The van der Waals surface area contributed by atoms with E-state index in [-0.39, 0.29) is 11.2 Å². The van der Waals surface area contributed by atoms with Crippen molar-refractivity contribution in [1.82, 2.24) is 0 Å². The van der Waals surface area contributed by atoms with E-state index < -0.39 is 0 Å². The summed E-state index contributed by atoms with van der Waals surface area (Å²) in [4.78, 5) is 0. The van der Waals surface area contributed by atoms with E-state index >= 15 is 0 Å². The molecule has 3 fully saturated rings. The number of rotatable bonds is 0. The summed E-state index contributed by atoms with van der Waals surface area (Å²) < 4.78 is 6.68. The molecule has 3 aliphatic rings. The number of hydrogen-bond donors (Lipinski definition) is 0. The fraction of sp³-hybridized carbons (Fsp3) is 1.00. The molecule has 3 rings (SSSR count). The quantitative estimate of drug-likeness (QED) is 0.598. The lowest BCUT2D eigenvalue weighted by atomic mass is 9.53. The van der Waals surface area contributed by atoms with Crippen LogP contribution in [0.15, 0.2) is 0 Å². The van der Waals surface area contributed by atoms with Crippen molar-refractivity contribution in [3.63, 3.8) is 0 Å². The summed E-state index contributed by atoms with van der Waals surface area (Å²) in [6.07, 6.45) is 8.29. The van der Waals surface area contributed by atoms with Gasteiger partial charge in [0.2, 0.25) is 0 Å². The lowest BCUT2D eigenvalue weighted by Gasteiger charge is -2.55. The summed E-state index contributed by atoms with van der Waals surface area (Å²) in [5, 5.41) is 0. The number of fused-ring (bicyclic) bond motifs is 1. The van der Waals surface area contributed by atoms with Crippen molar-refractivity contribution in [3.05, 3.63) is 0 Å². The lowest BCUT2D eigenvalue weighted by molar-refractivity contribution is -0.192. The third-order valence-electron chi connectivity index (χ3n) is 6.21. The Balaban J connectivity index is 2.04. The molecule has 0 aromatic rings. The van der Waals surface area contributed by atoms with E-state index in [1.165, 1.54) is 38.5 Å². The van der Waals surface area contributed by atoms with Gasteiger partial charge in [-0.2, -0.15) is 0 Å².